The molecule has 0 unspecified atom stereocenters. The van der Waals surface area contributed by atoms with Gasteiger partial charge >= 0.3 is 11.9 Å². The minimum absolute atomic E-state index is 0.146. The molecule has 2 aromatic rings. The number of benzene rings is 2. The summed E-state index contributed by atoms with van der Waals surface area (Å²) in [4.78, 5) is 24.0. The first-order chi connectivity index (χ1) is 15.5. The summed E-state index contributed by atoms with van der Waals surface area (Å²) in [6, 6.07) is 13.8. The van der Waals surface area contributed by atoms with Gasteiger partial charge in [0, 0.05) is 6.08 Å². The minimum atomic E-state index is -0.709. The van der Waals surface area contributed by atoms with Crippen molar-refractivity contribution in [3.8, 4) is 23.3 Å². The Labute approximate surface area is 187 Å². The Morgan fingerprint density at radius 3 is 2.38 bits per heavy atom. The molecule has 0 heterocycles. The first-order valence-corrected chi connectivity index (χ1v) is 10.1. The first-order valence-electron chi connectivity index (χ1n) is 10.1. The van der Waals surface area contributed by atoms with Gasteiger partial charge in [0.15, 0.2) is 11.5 Å². The Bertz CT molecular complexity index is 1030. The van der Waals surface area contributed by atoms with Crippen LogP contribution >= 0.6 is 0 Å². The second-order valence-corrected chi connectivity index (χ2v) is 6.47. The van der Waals surface area contributed by atoms with E-state index >= 15 is 0 Å². The van der Waals surface area contributed by atoms with Crippen LogP contribution in [0.3, 0.4) is 0 Å². The second-order valence-electron chi connectivity index (χ2n) is 6.47. The van der Waals surface area contributed by atoms with Crippen molar-refractivity contribution in [2.24, 2.45) is 0 Å². The monoisotopic (exact) mass is 435 g/mol. The van der Waals surface area contributed by atoms with Crippen molar-refractivity contribution in [3.63, 3.8) is 0 Å². The van der Waals surface area contributed by atoms with Crippen LogP contribution in [0.5, 0.6) is 17.2 Å². The highest BCUT2D eigenvalue weighted by atomic mass is 16.6. The zero-order chi connectivity index (χ0) is 23.3. The van der Waals surface area contributed by atoms with Crippen molar-refractivity contribution in [1.82, 2.24) is 0 Å². The molecule has 0 amide bonds. The third kappa shape index (κ3) is 7.33. The molecule has 0 aromatic heterocycles. The molecule has 0 spiro atoms. The van der Waals surface area contributed by atoms with Crippen molar-refractivity contribution < 1.29 is 28.5 Å². The van der Waals surface area contributed by atoms with Crippen LogP contribution in [0.2, 0.25) is 0 Å². The van der Waals surface area contributed by atoms with E-state index in [2.05, 4.69) is 0 Å². The van der Waals surface area contributed by atoms with Crippen molar-refractivity contribution in [1.29, 1.82) is 5.26 Å². The molecule has 2 rings (SSSR count). The van der Waals surface area contributed by atoms with Crippen LogP contribution in [-0.4, -0.2) is 32.3 Å². The van der Waals surface area contributed by atoms with Gasteiger partial charge in [-0.05, 0) is 60.9 Å². The van der Waals surface area contributed by atoms with E-state index in [1.54, 1.807) is 25.1 Å². The SMILES string of the molecule is CCCOc1ccc(C=CC(=O)Oc2ccc(C=C(C#N)C(=O)OCC)cc2OC)cc1. The highest BCUT2D eigenvalue weighted by molar-refractivity contribution is 5.98. The fraction of sp³-hybridized carbons (Fsp3) is 0.240. The van der Waals surface area contributed by atoms with Gasteiger partial charge in [0.25, 0.3) is 0 Å². The van der Waals surface area contributed by atoms with E-state index in [0.717, 1.165) is 17.7 Å². The molecule has 0 bridgehead atoms. The van der Waals surface area contributed by atoms with E-state index in [1.807, 2.05) is 37.3 Å². The molecule has 0 atom stereocenters. The van der Waals surface area contributed by atoms with E-state index in [4.69, 9.17) is 24.2 Å². The number of ether oxygens (including phenoxy) is 4. The standard InChI is InChI=1S/C25H25NO6/c1-4-14-31-21-10-6-18(7-11-21)9-13-24(27)32-22-12-8-19(16-23(22)29-3)15-20(17-26)25(28)30-5-2/h6-13,15-16H,4-5,14H2,1-3H3. The van der Waals surface area contributed by atoms with Crippen molar-refractivity contribution in [3.05, 3.63) is 65.2 Å². The Balaban J connectivity index is 2.08. The van der Waals surface area contributed by atoms with Gasteiger partial charge < -0.3 is 18.9 Å². The number of carbonyl (C=O) groups excluding carboxylic acids is 2. The number of esters is 2. The quantitative estimate of drug-likeness (QED) is 0.233. The van der Waals surface area contributed by atoms with E-state index < -0.39 is 11.9 Å². The Kier molecular flexibility index (Phi) is 9.54. The molecule has 7 nitrogen and oxygen atoms in total. The molecular formula is C25H25NO6. The number of nitrogens with zero attached hydrogens (tertiary/aromatic N) is 1. The molecule has 0 aliphatic rings. The smallest absolute Gasteiger partial charge is 0.348 e. The Hall–Kier alpha value is -4.05. The number of hydrogen-bond donors (Lipinski definition) is 0. The summed E-state index contributed by atoms with van der Waals surface area (Å²) in [6.07, 6.45) is 5.25. The van der Waals surface area contributed by atoms with E-state index in [9.17, 15) is 9.59 Å². The zero-order valence-electron chi connectivity index (χ0n) is 18.3. The predicted octanol–water partition coefficient (Wildman–Crippen LogP) is 4.57. The summed E-state index contributed by atoms with van der Waals surface area (Å²) in [5, 5.41) is 9.16. The molecular weight excluding hydrogens is 410 g/mol. The highest BCUT2D eigenvalue weighted by Gasteiger charge is 2.12. The maximum absolute atomic E-state index is 12.2. The molecule has 32 heavy (non-hydrogen) atoms. The van der Waals surface area contributed by atoms with Crippen molar-refractivity contribution in [2.75, 3.05) is 20.3 Å². The third-order valence-corrected chi connectivity index (χ3v) is 4.09. The van der Waals surface area contributed by atoms with Crippen LogP contribution in [0.1, 0.15) is 31.4 Å². The number of carbonyl (C=O) groups is 2. The summed E-state index contributed by atoms with van der Waals surface area (Å²) in [7, 11) is 1.43. The van der Waals surface area contributed by atoms with Gasteiger partial charge in [0.1, 0.15) is 17.4 Å². The topological polar surface area (TPSA) is 94.9 Å². The molecule has 7 heteroatoms. The van der Waals surface area contributed by atoms with Crippen molar-refractivity contribution >= 4 is 24.1 Å². The lowest BCUT2D eigenvalue weighted by Crippen LogP contribution is -2.06. The number of rotatable bonds is 10. The normalized spacial score (nSPS) is 11.0. The zero-order valence-corrected chi connectivity index (χ0v) is 18.3. The summed E-state index contributed by atoms with van der Waals surface area (Å²) in [5.41, 5.74) is 1.20. The summed E-state index contributed by atoms with van der Waals surface area (Å²) >= 11 is 0. The van der Waals surface area contributed by atoms with Gasteiger partial charge in [0.2, 0.25) is 0 Å². The molecule has 2 aromatic carbocycles. The average Bonchev–Trinajstić information content (AvgIpc) is 2.81. The number of hydrogen-bond acceptors (Lipinski definition) is 7. The largest absolute Gasteiger partial charge is 0.494 e. The summed E-state index contributed by atoms with van der Waals surface area (Å²) in [6.45, 7) is 4.51. The first kappa shape index (κ1) is 24.2. The van der Waals surface area contributed by atoms with Crippen molar-refractivity contribution in [2.45, 2.75) is 20.3 Å². The fourth-order valence-corrected chi connectivity index (χ4v) is 2.57. The fourth-order valence-electron chi connectivity index (χ4n) is 2.57. The lowest BCUT2D eigenvalue weighted by molar-refractivity contribution is -0.138. The van der Waals surface area contributed by atoms with Gasteiger partial charge in [-0.2, -0.15) is 5.26 Å². The maximum atomic E-state index is 12.2. The minimum Gasteiger partial charge on any atom is -0.494 e. The third-order valence-electron chi connectivity index (χ3n) is 4.09. The van der Waals surface area contributed by atoms with Crippen LogP contribution in [0.25, 0.3) is 12.2 Å². The lowest BCUT2D eigenvalue weighted by Gasteiger charge is -2.09. The molecule has 0 saturated carbocycles. The van der Waals surface area contributed by atoms with Crippen LogP contribution < -0.4 is 14.2 Å². The molecule has 166 valence electrons. The number of methoxy groups -OCH3 is 1. The van der Waals surface area contributed by atoms with Crippen LogP contribution in [0, 0.1) is 11.3 Å². The van der Waals surface area contributed by atoms with Crippen LogP contribution in [0.15, 0.2) is 54.1 Å². The van der Waals surface area contributed by atoms with E-state index in [1.165, 1.54) is 25.3 Å². The molecule has 0 aliphatic carbocycles. The highest BCUT2D eigenvalue weighted by Crippen LogP contribution is 2.29. The molecule has 0 aliphatic heterocycles. The van der Waals surface area contributed by atoms with E-state index in [-0.39, 0.29) is 23.7 Å². The van der Waals surface area contributed by atoms with Crippen LogP contribution in [-0.2, 0) is 14.3 Å². The van der Waals surface area contributed by atoms with Gasteiger partial charge in [-0.1, -0.05) is 25.1 Å². The lowest BCUT2D eigenvalue weighted by atomic mass is 10.1. The van der Waals surface area contributed by atoms with Gasteiger partial charge in [-0.3, -0.25) is 0 Å². The number of nitriles is 1. The molecule has 0 radical (unpaired) electrons. The second kappa shape index (κ2) is 12.6. The molecule has 0 fully saturated rings. The Morgan fingerprint density at radius 1 is 1.03 bits per heavy atom. The predicted molar refractivity (Wildman–Crippen MR) is 120 cm³/mol. The average molecular weight is 435 g/mol. The van der Waals surface area contributed by atoms with Crippen LogP contribution in [0.4, 0.5) is 0 Å². The molecule has 0 saturated heterocycles. The Morgan fingerprint density at radius 2 is 1.75 bits per heavy atom. The van der Waals surface area contributed by atoms with E-state index in [0.29, 0.717) is 12.2 Å². The van der Waals surface area contributed by atoms with Gasteiger partial charge in [-0.15, -0.1) is 0 Å². The van der Waals surface area contributed by atoms with Gasteiger partial charge in [0.05, 0.1) is 20.3 Å². The summed E-state index contributed by atoms with van der Waals surface area (Å²) in [5.74, 6) is -0.0361. The summed E-state index contributed by atoms with van der Waals surface area (Å²) < 4.78 is 21.0. The maximum Gasteiger partial charge on any atom is 0.348 e. The van der Waals surface area contributed by atoms with Gasteiger partial charge in [-0.25, -0.2) is 9.59 Å². The molecule has 0 N–H and O–H groups in total.